The van der Waals surface area contributed by atoms with Crippen molar-refractivity contribution in [1.82, 2.24) is 14.5 Å². The Labute approximate surface area is 185 Å². The fourth-order valence-corrected chi connectivity index (χ4v) is 4.43. The van der Waals surface area contributed by atoms with Crippen molar-refractivity contribution < 1.29 is 9.90 Å². The van der Waals surface area contributed by atoms with Gasteiger partial charge < -0.3 is 14.7 Å². The molecular weight excluding hydrogens is 481 g/mol. The van der Waals surface area contributed by atoms with Crippen molar-refractivity contribution in [3.63, 3.8) is 0 Å². The average Bonchev–Trinajstić information content (AvgIpc) is 3.01. The van der Waals surface area contributed by atoms with Gasteiger partial charge in [0.05, 0.1) is 10.7 Å². The highest BCUT2D eigenvalue weighted by Crippen LogP contribution is 2.35. The summed E-state index contributed by atoms with van der Waals surface area (Å²) in [6.07, 6.45) is 1.66. The van der Waals surface area contributed by atoms with Gasteiger partial charge in [0.1, 0.15) is 0 Å². The molecule has 0 radical (unpaired) electrons. The molecule has 0 aliphatic rings. The van der Waals surface area contributed by atoms with Gasteiger partial charge in [-0.1, -0.05) is 35.3 Å². The fourth-order valence-electron chi connectivity index (χ4n) is 3.34. The van der Waals surface area contributed by atoms with E-state index < -0.39 is 11.9 Å². The standard InChI is InChI=1S/C20H18BrCl2N3O3/c1-10(2)26-17(16(19(28)29)25-20(26)21)15(11-3-5-13(22)6-4-11)8-12-7-14(23)9-24-18(12)27/h3-7,9-10,15H,8H2,1-2H3,(H,24,27)(H,28,29). The second kappa shape index (κ2) is 8.73. The molecule has 3 aromatic rings. The fraction of sp³-hybridized carbons (Fsp3) is 0.250. The first kappa shape index (κ1) is 21.6. The number of hydrogen-bond acceptors (Lipinski definition) is 3. The van der Waals surface area contributed by atoms with Crippen molar-refractivity contribution in [3.8, 4) is 0 Å². The molecule has 2 aromatic heterocycles. The maximum atomic E-state index is 12.4. The van der Waals surface area contributed by atoms with Crippen molar-refractivity contribution in [2.45, 2.75) is 32.2 Å². The van der Waals surface area contributed by atoms with Crippen molar-refractivity contribution in [2.24, 2.45) is 0 Å². The number of carboxylic acids is 1. The number of benzene rings is 1. The van der Waals surface area contributed by atoms with Crippen molar-refractivity contribution >= 4 is 45.1 Å². The quantitative estimate of drug-likeness (QED) is 0.483. The third-order valence-corrected chi connectivity index (χ3v) is 5.62. The monoisotopic (exact) mass is 497 g/mol. The number of nitrogens with zero attached hydrogens (tertiary/aromatic N) is 2. The predicted octanol–water partition coefficient (Wildman–Crippen LogP) is 5.29. The maximum absolute atomic E-state index is 12.4. The zero-order valence-corrected chi connectivity index (χ0v) is 18.7. The van der Waals surface area contributed by atoms with Gasteiger partial charge in [-0.25, -0.2) is 9.78 Å². The van der Waals surface area contributed by atoms with Crippen LogP contribution in [-0.2, 0) is 6.42 Å². The van der Waals surface area contributed by atoms with Gasteiger partial charge >= 0.3 is 5.97 Å². The summed E-state index contributed by atoms with van der Waals surface area (Å²) in [6, 6.07) is 8.64. The van der Waals surface area contributed by atoms with E-state index in [0.717, 1.165) is 5.56 Å². The second-order valence-corrected chi connectivity index (χ2v) is 8.45. The minimum absolute atomic E-state index is 0.0626. The molecule has 1 unspecified atom stereocenters. The highest BCUT2D eigenvalue weighted by Gasteiger charge is 2.30. The van der Waals surface area contributed by atoms with Crippen LogP contribution in [0.3, 0.4) is 0 Å². The molecule has 0 saturated heterocycles. The van der Waals surface area contributed by atoms with Gasteiger partial charge in [-0.15, -0.1) is 0 Å². The first-order valence-electron chi connectivity index (χ1n) is 8.82. The smallest absolute Gasteiger partial charge is 0.356 e. The van der Waals surface area contributed by atoms with Crippen LogP contribution in [0.25, 0.3) is 0 Å². The van der Waals surface area contributed by atoms with Crippen LogP contribution in [0.2, 0.25) is 10.0 Å². The van der Waals surface area contributed by atoms with Gasteiger partial charge in [-0.3, -0.25) is 4.79 Å². The van der Waals surface area contributed by atoms with Crippen LogP contribution in [0.15, 0.2) is 46.1 Å². The van der Waals surface area contributed by atoms with Gasteiger partial charge in [-0.2, -0.15) is 0 Å². The highest BCUT2D eigenvalue weighted by atomic mass is 79.9. The number of aromatic carboxylic acids is 1. The lowest BCUT2D eigenvalue weighted by Gasteiger charge is -2.23. The van der Waals surface area contributed by atoms with Crippen LogP contribution in [-0.4, -0.2) is 25.6 Å². The summed E-state index contributed by atoms with van der Waals surface area (Å²) in [6.45, 7) is 3.87. The first-order chi connectivity index (χ1) is 13.7. The molecule has 6 nitrogen and oxygen atoms in total. The van der Waals surface area contributed by atoms with E-state index in [9.17, 15) is 14.7 Å². The summed E-state index contributed by atoms with van der Waals surface area (Å²) in [5.74, 6) is -1.60. The van der Waals surface area contributed by atoms with Crippen molar-refractivity contribution in [2.75, 3.05) is 0 Å². The number of halogens is 3. The third-order valence-electron chi connectivity index (χ3n) is 4.60. The number of carboxylic acid groups (broad SMARTS) is 1. The number of carbonyl (C=O) groups is 1. The van der Waals surface area contributed by atoms with E-state index in [0.29, 0.717) is 26.0 Å². The number of hydrogen-bond donors (Lipinski definition) is 2. The number of imidazole rings is 1. The second-order valence-electron chi connectivity index (χ2n) is 6.86. The molecule has 152 valence electrons. The molecule has 0 aliphatic carbocycles. The van der Waals surface area contributed by atoms with Gasteiger partial charge in [0, 0.05) is 28.7 Å². The Hall–Kier alpha value is -2.09. The zero-order chi connectivity index (χ0) is 21.3. The lowest BCUT2D eigenvalue weighted by molar-refractivity contribution is 0.0689. The number of aromatic amines is 1. The largest absolute Gasteiger partial charge is 0.476 e. The molecule has 29 heavy (non-hydrogen) atoms. The zero-order valence-electron chi connectivity index (χ0n) is 15.6. The summed E-state index contributed by atoms with van der Waals surface area (Å²) in [7, 11) is 0. The number of H-pyrrole nitrogens is 1. The summed E-state index contributed by atoms with van der Waals surface area (Å²) >= 11 is 15.5. The van der Waals surface area contributed by atoms with Crippen LogP contribution in [0.1, 0.15) is 53.1 Å². The Morgan fingerprint density at radius 2 is 1.90 bits per heavy atom. The van der Waals surface area contributed by atoms with Crippen LogP contribution < -0.4 is 5.56 Å². The first-order valence-corrected chi connectivity index (χ1v) is 10.4. The molecular formula is C20H18BrCl2N3O3. The molecule has 1 atom stereocenters. The van der Waals surface area contributed by atoms with E-state index in [4.69, 9.17) is 23.2 Å². The van der Waals surface area contributed by atoms with Crippen LogP contribution in [0.5, 0.6) is 0 Å². The van der Waals surface area contributed by atoms with Gasteiger partial charge in [-0.05, 0) is 60.0 Å². The normalized spacial score (nSPS) is 12.3. The lowest BCUT2D eigenvalue weighted by Crippen LogP contribution is -2.20. The maximum Gasteiger partial charge on any atom is 0.356 e. The molecule has 0 saturated carbocycles. The Kier molecular flexibility index (Phi) is 6.51. The number of rotatable bonds is 6. The Bertz CT molecular complexity index is 1110. The van der Waals surface area contributed by atoms with E-state index in [1.165, 1.54) is 6.20 Å². The predicted molar refractivity (Wildman–Crippen MR) is 116 cm³/mol. The van der Waals surface area contributed by atoms with E-state index in [1.807, 2.05) is 30.5 Å². The molecule has 0 amide bonds. The van der Waals surface area contributed by atoms with E-state index in [1.54, 1.807) is 18.2 Å². The number of nitrogens with one attached hydrogen (secondary N) is 1. The van der Waals surface area contributed by atoms with Crippen LogP contribution in [0, 0.1) is 0 Å². The molecule has 0 bridgehead atoms. The summed E-state index contributed by atoms with van der Waals surface area (Å²) in [5.41, 5.74) is 1.41. The van der Waals surface area contributed by atoms with E-state index in [-0.39, 0.29) is 23.7 Å². The molecule has 2 heterocycles. The van der Waals surface area contributed by atoms with Gasteiger partial charge in [0.25, 0.3) is 5.56 Å². The minimum atomic E-state index is -1.14. The van der Waals surface area contributed by atoms with Crippen molar-refractivity contribution in [1.29, 1.82) is 0 Å². The van der Waals surface area contributed by atoms with Gasteiger partial charge in [0.15, 0.2) is 10.4 Å². The van der Waals surface area contributed by atoms with E-state index in [2.05, 4.69) is 25.9 Å². The average molecular weight is 499 g/mol. The number of pyridine rings is 1. The molecule has 0 spiro atoms. The van der Waals surface area contributed by atoms with E-state index >= 15 is 0 Å². The Balaban J connectivity index is 2.26. The minimum Gasteiger partial charge on any atom is -0.476 e. The summed E-state index contributed by atoms with van der Waals surface area (Å²) in [5, 5.41) is 10.7. The topological polar surface area (TPSA) is 88.0 Å². The van der Waals surface area contributed by atoms with Gasteiger partial charge in [0.2, 0.25) is 0 Å². The van der Waals surface area contributed by atoms with Crippen molar-refractivity contribution in [3.05, 3.63) is 84.2 Å². The molecule has 9 heteroatoms. The molecule has 1 aromatic carbocycles. The molecule has 0 fully saturated rings. The SMILES string of the molecule is CC(C)n1c(Br)nc(C(=O)O)c1C(Cc1cc(Cl)c[nH]c1=O)c1ccc(Cl)cc1. The van der Waals surface area contributed by atoms with Crippen LogP contribution in [0.4, 0.5) is 0 Å². The summed E-state index contributed by atoms with van der Waals surface area (Å²) < 4.78 is 2.24. The Morgan fingerprint density at radius 1 is 1.24 bits per heavy atom. The molecule has 0 aliphatic heterocycles. The molecule has 3 rings (SSSR count). The summed E-state index contributed by atoms with van der Waals surface area (Å²) in [4.78, 5) is 31.2. The number of aromatic nitrogens is 3. The molecule has 2 N–H and O–H groups in total. The Morgan fingerprint density at radius 3 is 2.48 bits per heavy atom. The third kappa shape index (κ3) is 4.57. The lowest BCUT2D eigenvalue weighted by atomic mass is 9.88. The highest BCUT2D eigenvalue weighted by molar-refractivity contribution is 9.10. The van der Waals surface area contributed by atoms with Crippen LogP contribution >= 0.6 is 39.1 Å².